The molecule has 1 saturated heterocycles. The van der Waals surface area contributed by atoms with Gasteiger partial charge in [-0.05, 0) is 5.57 Å². The fourth-order valence-corrected chi connectivity index (χ4v) is 1.94. The van der Waals surface area contributed by atoms with Crippen LogP contribution in [-0.4, -0.2) is 27.4 Å². The molecule has 0 aliphatic carbocycles. The van der Waals surface area contributed by atoms with Crippen molar-refractivity contribution < 1.29 is 9.84 Å². The molecular formula is C11H14N2O4. The molecule has 1 fully saturated rings. The molecule has 6 heteroatoms. The number of aliphatic hydroxyl groups is 1. The van der Waals surface area contributed by atoms with Crippen molar-refractivity contribution in [2.24, 2.45) is 5.92 Å². The number of aliphatic hydroxyl groups excluding tert-OH is 1. The van der Waals surface area contributed by atoms with E-state index >= 15 is 0 Å². The number of hydrogen-bond acceptors (Lipinski definition) is 4. The van der Waals surface area contributed by atoms with Crippen LogP contribution in [0, 0.1) is 5.92 Å². The molecule has 0 spiro atoms. The van der Waals surface area contributed by atoms with Gasteiger partial charge in [-0.15, -0.1) is 0 Å². The van der Waals surface area contributed by atoms with Crippen LogP contribution >= 0.6 is 0 Å². The van der Waals surface area contributed by atoms with Gasteiger partial charge in [0.15, 0.2) is 0 Å². The van der Waals surface area contributed by atoms with Crippen LogP contribution in [0.3, 0.4) is 0 Å². The third-order valence-corrected chi connectivity index (χ3v) is 3.02. The first-order valence-electron chi connectivity index (χ1n) is 5.31. The van der Waals surface area contributed by atoms with Crippen LogP contribution in [0.1, 0.15) is 13.2 Å². The molecule has 0 radical (unpaired) electrons. The SMILES string of the molecule is C=C1[C@H](CO)O[C@H](n2ccc(=O)[nH]c2=O)[C@H]1C. The topological polar surface area (TPSA) is 84.3 Å². The van der Waals surface area contributed by atoms with Crippen LogP contribution < -0.4 is 11.2 Å². The summed E-state index contributed by atoms with van der Waals surface area (Å²) in [5.41, 5.74) is -0.231. The van der Waals surface area contributed by atoms with Crippen molar-refractivity contribution in [3.8, 4) is 0 Å². The van der Waals surface area contributed by atoms with Crippen molar-refractivity contribution in [2.75, 3.05) is 6.61 Å². The van der Waals surface area contributed by atoms with Gasteiger partial charge in [0.2, 0.25) is 0 Å². The van der Waals surface area contributed by atoms with Crippen molar-refractivity contribution in [1.82, 2.24) is 9.55 Å². The third kappa shape index (κ3) is 1.96. The minimum atomic E-state index is -0.538. The number of hydrogen-bond donors (Lipinski definition) is 2. The van der Waals surface area contributed by atoms with E-state index < -0.39 is 23.6 Å². The van der Waals surface area contributed by atoms with Crippen LogP contribution in [0.2, 0.25) is 0 Å². The Kier molecular flexibility index (Phi) is 2.99. The maximum Gasteiger partial charge on any atom is 0.330 e. The summed E-state index contributed by atoms with van der Waals surface area (Å²) in [5, 5.41) is 9.10. The molecule has 0 saturated carbocycles. The quantitative estimate of drug-likeness (QED) is 0.688. The predicted octanol–water partition coefficient (Wildman–Crippen LogP) is -0.381. The van der Waals surface area contributed by atoms with E-state index in [9.17, 15) is 9.59 Å². The molecule has 0 amide bonds. The highest BCUT2D eigenvalue weighted by atomic mass is 16.5. The molecule has 0 bridgehead atoms. The smallest absolute Gasteiger partial charge is 0.330 e. The van der Waals surface area contributed by atoms with E-state index in [1.54, 1.807) is 0 Å². The van der Waals surface area contributed by atoms with Crippen LogP contribution in [0.4, 0.5) is 0 Å². The molecular weight excluding hydrogens is 224 g/mol. The van der Waals surface area contributed by atoms with Gasteiger partial charge < -0.3 is 9.84 Å². The lowest BCUT2D eigenvalue weighted by atomic mass is 10.0. The van der Waals surface area contributed by atoms with Crippen LogP contribution in [0.15, 0.2) is 34.0 Å². The molecule has 1 aromatic heterocycles. The summed E-state index contributed by atoms with van der Waals surface area (Å²) >= 11 is 0. The number of aromatic amines is 1. The van der Waals surface area contributed by atoms with Crippen molar-refractivity contribution in [1.29, 1.82) is 0 Å². The third-order valence-electron chi connectivity index (χ3n) is 3.02. The van der Waals surface area contributed by atoms with Gasteiger partial charge in [-0.2, -0.15) is 0 Å². The molecule has 2 N–H and O–H groups in total. The Hall–Kier alpha value is -1.66. The Labute approximate surface area is 97.2 Å². The predicted molar refractivity (Wildman–Crippen MR) is 60.6 cm³/mol. The molecule has 1 aliphatic heterocycles. The first-order valence-corrected chi connectivity index (χ1v) is 5.31. The highest BCUT2D eigenvalue weighted by molar-refractivity contribution is 5.13. The average Bonchev–Trinajstić information content (AvgIpc) is 2.57. The zero-order valence-corrected chi connectivity index (χ0v) is 9.42. The van der Waals surface area contributed by atoms with E-state index in [0.29, 0.717) is 0 Å². The molecule has 17 heavy (non-hydrogen) atoms. The second-order valence-electron chi connectivity index (χ2n) is 4.08. The summed E-state index contributed by atoms with van der Waals surface area (Å²) in [7, 11) is 0. The van der Waals surface area contributed by atoms with Gasteiger partial charge in [0.05, 0.1) is 6.61 Å². The van der Waals surface area contributed by atoms with E-state index in [1.807, 2.05) is 6.92 Å². The van der Waals surface area contributed by atoms with E-state index in [1.165, 1.54) is 16.8 Å². The van der Waals surface area contributed by atoms with Gasteiger partial charge in [-0.1, -0.05) is 13.5 Å². The number of ether oxygens (including phenoxy) is 1. The zero-order valence-electron chi connectivity index (χ0n) is 9.42. The fraction of sp³-hybridized carbons (Fsp3) is 0.455. The van der Waals surface area contributed by atoms with Gasteiger partial charge in [0, 0.05) is 18.2 Å². The van der Waals surface area contributed by atoms with Gasteiger partial charge >= 0.3 is 5.69 Å². The Morgan fingerprint density at radius 1 is 1.59 bits per heavy atom. The number of H-pyrrole nitrogens is 1. The summed E-state index contributed by atoms with van der Waals surface area (Å²) in [4.78, 5) is 24.7. The van der Waals surface area contributed by atoms with E-state index in [0.717, 1.165) is 5.57 Å². The largest absolute Gasteiger partial charge is 0.393 e. The lowest BCUT2D eigenvalue weighted by Gasteiger charge is -2.16. The molecule has 0 aromatic carbocycles. The van der Waals surface area contributed by atoms with E-state index in [-0.39, 0.29) is 12.5 Å². The number of rotatable bonds is 2. The van der Waals surface area contributed by atoms with Gasteiger partial charge in [-0.25, -0.2) is 4.79 Å². The standard InChI is InChI=1S/C11H14N2O4/c1-6-7(2)10(17-8(6)5-14)13-4-3-9(15)12-11(13)16/h3-4,7-8,10,14H,1,5H2,2H3,(H,12,15,16)/t7-,8-,10-/m0/s1. The average molecular weight is 238 g/mol. The van der Waals surface area contributed by atoms with Crippen molar-refractivity contribution in [3.63, 3.8) is 0 Å². The summed E-state index contributed by atoms with van der Waals surface area (Å²) in [6.45, 7) is 5.53. The number of nitrogens with one attached hydrogen (secondary N) is 1. The first kappa shape index (κ1) is 11.8. The Bertz CT molecular complexity index is 545. The molecule has 1 aromatic rings. The van der Waals surface area contributed by atoms with Gasteiger partial charge in [0.25, 0.3) is 5.56 Å². The fourth-order valence-electron chi connectivity index (χ4n) is 1.94. The molecule has 6 nitrogen and oxygen atoms in total. The maximum atomic E-state index is 11.6. The maximum absolute atomic E-state index is 11.6. The molecule has 2 rings (SSSR count). The summed E-state index contributed by atoms with van der Waals surface area (Å²) in [6, 6.07) is 1.26. The molecule has 3 atom stereocenters. The monoisotopic (exact) mass is 238 g/mol. The Morgan fingerprint density at radius 3 is 2.82 bits per heavy atom. The minimum Gasteiger partial charge on any atom is -0.393 e. The van der Waals surface area contributed by atoms with Gasteiger partial charge in [0.1, 0.15) is 12.3 Å². The van der Waals surface area contributed by atoms with Crippen molar-refractivity contribution in [3.05, 3.63) is 45.3 Å². The first-order chi connectivity index (χ1) is 8.04. The molecule has 0 unspecified atom stereocenters. The minimum absolute atomic E-state index is 0.101. The summed E-state index contributed by atoms with van der Waals surface area (Å²) in [6.07, 6.45) is 0.382. The Balaban J connectivity index is 2.39. The normalized spacial score (nSPS) is 28.6. The zero-order chi connectivity index (χ0) is 12.6. The van der Waals surface area contributed by atoms with Crippen molar-refractivity contribution >= 4 is 0 Å². The highest BCUT2D eigenvalue weighted by Crippen LogP contribution is 2.36. The highest BCUT2D eigenvalue weighted by Gasteiger charge is 2.36. The van der Waals surface area contributed by atoms with Gasteiger partial charge in [-0.3, -0.25) is 14.3 Å². The van der Waals surface area contributed by atoms with Crippen LogP contribution in [0.5, 0.6) is 0 Å². The molecule has 2 heterocycles. The molecule has 92 valence electrons. The number of nitrogens with zero attached hydrogens (tertiary/aromatic N) is 1. The van der Waals surface area contributed by atoms with E-state index in [4.69, 9.17) is 9.84 Å². The lowest BCUT2D eigenvalue weighted by molar-refractivity contribution is -0.0305. The van der Waals surface area contributed by atoms with Crippen molar-refractivity contribution in [2.45, 2.75) is 19.3 Å². The number of aromatic nitrogens is 2. The van der Waals surface area contributed by atoms with E-state index in [2.05, 4.69) is 11.6 Å². The summed E-state index contributed by atoms with van der Waals surface area (Å²) < 4.78 is 6.83. The summed E-state index contributed by atoms with van der Waals surface area (Å²) in [5.74, 6) is -0.101. The second-order valence-corrected chi connectivity index (χ2v) is 4.08. The van der Waals surface area contributed by atoms with Crippen LogP contribution in [0.25, 0.3) is 0 Å². The Morgan fingerprint density at radius 2 is 2.29 bits per heavy atom. The second kappa shape index (κ2) is 4.31. The lowest BCUT2D eigenvalue weighted by Crippen LogP contribution is -2.33. The molecule has 1 aliphatic rings. The van der Waals surface area contributed by atoms with Crippen LogP contribution in [-0.2, 0) is 4.74 Å².